The molecule has 1 amide bonds. The van der Waals surface area contributed by atoms with Crippen LogP contribution in [0, 0.1) is 0 Å². The molecular weight excluding hydrogens is 288 g/mol. The van der Waals surface area contributed by atoms with Crippen molar-refractivity contribution in [1.82, 2.24) is 5.32 Å². The van der Waals surface area contributed by atoms with E-state index in [1.807, 2.05) is 60.7 Å². The van der Waals surface area contributed by atoms with Crippen LogP contribution in [0.15, 0.2) is 60.7 Å². The van der Waals surface area contributed by atoms with Crippen LogP contribution in [0.25, 0.3) is 0 Å². The van der Waals surface area contributed by atoms with E-state index >= 15 is 0 Å². The summed E-state index contributed by atoms with van der Waals surface area (Å²) >= 11 is 0. The van der Waals surface area contributed by atoms with E-state index in [9.17, 15) is 4.79 Å². The SMILES string of the molecule is CC(=O)NCc1ccccc1.NCCN.NCc1ccccc1. The Morgan fingerprint density at radius 1 is 0.826 bits per heavy atom. The van der Waals surface area contributed by atoms with Gasteiger partial charge in [-0.3, -0.25) is 4.79 Å². The molecule has 2 aromatic rings. The van der Waals surface area contributed by atoms with Crippen molar-refractivity contribution in [2.24, 2.45) is 17.2 Å². The maximum Gasteiger partial charge on any atom is 0.217 e. The average Bonchev–Trinajstić information content (AvgIpc) is 2.62. The summed E-state index contributed by atoms with van der Waals surface area (Å²) in [5, 5.41) is 2.72. The summed E-state index contributed by atoms with van der Waals surface area (Å²) in [6.07, 6.45) is 0. The summed E-state index contributed by atoms with van der Waals surface area (Å²) in [7, 11) is 0. The molecule has 126 valence electrons. The number of rotatable bonds is 4. The third-order valence-electron chi connectivity index (χ3n) is 2.63. The fraction of sp³-hybridized carbons (Fsp3) is 0.278. The molecule has 0 radical (unpaired) electrons. The van der Waals surface area contributed by atoms with E-state index in [1.165, 1.54) is 12.5 Å². The highest BCUT2D eigenvalue weighted by Gasteiger charge is 1.91. The lowest BCUT2D eigenvalue weighted by Crippen LogP contribution is -2.18. The van der Waals surface area contributed by atoms with E-state index in [0.29, 0.717) is 26.2 Å². The van der Waals surface area contributed by atoms with Gasteiger partial charge in [-0.2, -0.15) is 0 Å². The van der Waals surface area contributed by atoms with Gasteiger partial charge >= 0.3 is 0 Å². The molecule has 0 bridgehead atoms. The molecule has 0 heterocycles. The van der Waals surface area contributed by atoms with E-state index in [0.717, 1.165) is 5.56 Å². The molecule has 5 heteroatoms. The fourth-order valence-corrected chi connectivity index (χ4v) is 1.44. The van der Waals surface area contributed by atoms with E-state index < -0.39 is 0 Å². The molecule has 0 aromatic heterocycles. The van der Waals surface area contributed by atoms with Gasteiger partial charge in [-0.15, -0.1) is 0 Å². The first kappa shape index (κ1) is 20.8. The highest BCUT2D eigenvalue weighted by atomic mass is 16.1. The van der Waals surface area contributed by atoms with Crippen LogP contribution in [-0.2, 0) is 17.9 Å². The van der Waals surface area contributed by atoms with E-state index in [-0.39, 0.29) is 5.91 Å². The quantitative estimate of drug-likeness (QED) is 0.683. The number of hydrogen-bond donors (Lipinski definition) is 4. The van der Waals surface area contributed by atoms with Gasteiger partial charge in [0.1, 0.15) is 0 Å². The number of benzene rings is 2. The van der Waals surface area contributed by atoms with Gasteiger partial charge < -0.3 is 22.5 Å². The number of carbonyl (C=O) groups is 1. The van der Waals surface area contributed by atoms with Gasteiger partial charge in [0, 0.05) is 33.1 Å². The first-order valence-electron chi connectivity index (χ1n) is 7.56. The molecule has 0 saturated heterocycles. The predicted octanol–water partition coefficient (Wildman–Crippen LogP) is 1.37. The van der Waals surface area contributed by atoms with Crippen molar-refractivity contribution in [3.05, 3.63) is 71.8 Å². The Kier molecular flexibility index (Phi) is 13.3. The van der Waals surface area contributed by atoms with Crippen molar-refractivity contribution in [3.8, 4) is 0 Å². The first-order valence-corrected chi connectivity index (χ1v) is 7.56. The topological polar surface area (TPSA) is 107 Å². The molecule has 0 atom stereocenters. The van der Waals surface area contributed by atoms with Gasteiger partial charge in [-0.25, -0.2) is 0 Å². The second-order valence-corrected chi connectivity index (χ2v) is 4.66. The highest BCUT2D eigenvalue weighted by molar-refractivity contribution is 5.72. The van der Waals surface area contributed by atoms with E-state index in [1.54, 1.807) is 0 Å². The Morgan fingerprint density at radius 2 is 1.26 bits per heavy atom. The second kappa shape index (κ2) is 14.7. The zero-order valence-corrected chi connectivity index (χ0v) is 13.7. The Balaban J connectivity index is 0.000000354. The van der Waals surface area contributed by atoms with Gasteiger partial charge in [-0.1, -0.05) is 60.7 Å². The molecule has 7 N–H and O–H groups in total. The lowest BCUT2D eigenvalue weighted by molar-refractivity contribution is -0.119. The summed E-state index contributed by atoms with van der Waals surface area (Å²) in [5.74, 6) is 0.00820. The van der Waals surface area contributed by atoms with Gasteiger partial charge in [0.15, 0.2) is 0 Å². The number of hydrogen-bond acceptors (Lipinski definition) is 4. The summed E-state index contributed by atoms with van der Waals surface area (Å²) in [6.45, 7) is 3.97. The van der Waals surface area contributed by atoms with Crippen LogP contribution in [0.3, 0.4) is 0 Å². The third-order valence-corrected chi connectivity index (χ3v) is 2.63. The smallest absolute Gasteiger partial charge is 0.217 e. The number of carbonyl (C=O) groups excluding carboxylic acids is 1. The van der Waals surface area contributed by atoms with Crippen molar-refractivity contribution < 1.29 is 4.79 Å². The van der Waals surface area contributed by atoms with Crippen molar-refractivity contribution >= 4 is 5.91 Å². The lowest BCUT2D eigenvalue weighted by Gasteiger charge is -2.00. The minimum atomic E-state index is 0.00820. The van der Waals surface area contributed by atoms with Crippen LogP contribution in [0.1, 0.15) is 18.1 Å². The van der Waals surface area contributed by atoms with Gasteiger partial charge in [0.25, 0.3) is 0 Å². The van der Waals surface area contributed by atoms with Crippen LogP contribution >= 0.6 is 0 Å². The van der Waals surface area contributed by atoms with Crippen molar-refractivity contribution in [2.45, 2.75) is 20.0 Å². The van der Waals surface area contributed by atoms with Gasteiger partial charge in [0.2, 0.25) is 5.91 Å². The lowest BCUT2D eigenvalue weighted by atomic mass is 10.2. The monoisotopic (exact) mass is 316 g/mol. The molecule has 0 aliphatic carbocycles. The Morgan fingerprint density at radius 3 is 1.57 bits per heavy atom. The molecule has 0 saturated carbocycles. The molecule has 23 heavy (non-hydrogen) atoms. The molecule has 2 aromatic carbocycles. The molecule has 0 aliphatic heterocycles. The Bertz CT molecular complexity index is 501. The standard InChI is InChI=1S/C9H11NO.C7H9N.C2H8N2/c1-8(11)10-7-9-5-3-2-4-6-9;8-6-7-4-2-1-3-5-7;3-1-2-4/h2-6H,7H2,1H3,(H,10,11);1-5H,6,8H2;1-4H2. The Labute approximate surface area is 138 Å². The highest BCUT2D eigenvalue weighted by Crippen LogP contribution is 1.96. The van der Waals surface area contributed by atoms with Crippen LogP contribution < -0.4 is 22.5 Å². The van der Waals surface area contributed by atoms with Crippen molar-refractivity contribution in [2.75, 3.05) is 13.1 Å². The van der Waals surface area contributed by atoms with Crippen molar-refractivity contribution in [3.63, 3.8) is 0 Å². The molecule has 2 rings (SSSR count). The predicted molar refractivity (Wildman–Crippen MR) is 96.4 cm³/mol. The molecular formula is C18H28N4O. The van der Waals surface area contributed by atoms with Crippen LogP contribution in [0.4, 0.5) is 0 Å². The van der Waals surface area contributed by atoms with Gasteiger partial charge in [-0.05, 0) is 11.1 Å². The second-order valence-electron chi connectivity index (χ2n) is 4.66. The molecule has 0 spiro atoms. The summed E-state index contributed by atoms with van der Waals surface area (Å²) < 4.78 is 0. The number of nitrogens with two attached hydrogens (primary N) is 3. The maximum absolute atomic E-state index is 10.5. The van der Waals surface area contributed by atoms with Crippen LogP contribution in [-0.4, -0.2) is 19.0 Å². The van der Waals surface area contributed by atoms with Crippen molar-refractivity contribution in [1.29, 1.82) is 0 Å². The number of amides is 1. The average molecular weight is 316 g/mol. The Hall–Kier alpha value is -2.21. The zero-order valence-electron chi connectivity index (χ0n) is 13.7. The summed E-state index contributed by atoms with van der Waals surface area (Å²) in [4.78, 5) is 10.5. The van der Waals surface area contributed by atoms with E-state index in [4.69, 9.17) is 17.2 Å². The first-order chi connectivity index (χ1) is 11.1. The minimum absolute atomic E-state index is 0.00820. The minimum Gasteiger partial charge on any atom is -0.352 e. The number of nitrogens with one attached hydrogen (secondary N) is 1. The maximum atomic E-state index is 10.5. The normalized spacial score (nSPS) is 8.87. The van der Waals surface area contributed by atoms with Gasteiger partial charge in [0.05, 0.1) is 0 Å². The summed E-state index contributed by atoms with van der Waals surface area (Å²) in [6, 6.07) is 19.8. The fourth-order valence-electron chi connectivity index (χ4n) is 1.44. The molecule has 0 fully saturated rings. The summed E-state index contributed by atoms with van der Waals surface area (Å²) in [5.41, 5.74) is 17.5. The molecule has 5 nitrogen and oxygen atoms in total. The van der Waals surface area contributed by atoms with E-state index in [2.05, 4.69) is 5.32 Å². The third kappa shape index (κ3) is 13.2. The molecule has 0 unspecified atom stereocenters. The van der Waals surface area contributed by atoms with Crippen LogP contribution in [0.5, 0.6) is 0 Å². The molecule has 0 aliphatic rings. The van der Waals surface area contributed by atoms with Crippen LogP contribution in [0.2, 0.25) is 0 Å². The zero-order chi connectivity index (χ0) is 17.3. The largest absolute Gasteiger partial charge is 0.352 e.